The molecule has 0 radical (unpaired) electrons. The number of carbonyl (C=O) groups is 1. The van der Waals surface area contributed by atoms with Gasteiger partial charge in [-0.05, 0) is 61.8 Å². The van der Waals surface area contributed by atoms with E-state index in [2.05, 4.69) is 29.7 Å². The molecule has 0 bridgehead atoms. The summed E-state index contributed by atoms with van der Waals surface area (Å²) in [5.74, 6) is 0.883. The highest BCUT2D eigenvalue weighted by molar-refractivity contribution is 6.36. The number of hydrogen-bond donors (Lipinski definition) is 1. The summed E-state index contributed by atoms with van der Waals surface area (Å²) in [5, 5.41) is 1.17. The Morgan fingerprint density at radius 1 is 0.971 bits per heavy atom. The molecule has 4 heterocycles. The molecule has 1 unspecified atom stereocenters. The molecule has 2 fully saturated rings. The molecule has 6 rings (SSSR count). The molecule has 7 nitrogen and oxygen atoms in total. The number of benzene rings is 1. The maximum Gasteiger partial charge on any atom is 0.226 e. The Morgan fingerprint density at radius 2 is 1.71 bits per heavy atom. The van der Waals surface area contributed by atoms with E-state index in [1.165, 1.54) is 12.8 Å². The highest BCUT2D eigenvalue weighted by Gasteiger charge is 2.38. The number of amides is 1. The van der Waals surface area contributed by atoms with Crippen molar-refractivity contribution < 1.29 is 4.79 Å². The number of aromatic amines is 1. The van der Waals surface area contributed by atoms with Crippen molar-refractivity contribution in [1.82, 2.24) is 24.8 Å². The van der Waals surface area contributed by atoms with Crippen molar-refractivity contribution in [3.05, 3.63) is 57.9 Å². The van der Waals surface area contributed by atoms with Crippen LogP contribution in [0.3, 0.4) is 0 Å². The number of aryl methyl sites for hydroxylation is 1. The van der Waals surface area contributed by atoms with E-state index >= 15 is 0 Å². The lowest BCUT2D eigenvalue weighted by molar-refractivity contribution is -0.133. The molecule has 9 heteroatoms. The van der Waals surface area contributed by atoms with E-state index in [1.807, 2.05) is 24.5 Å². The van der Waals surface area contributed by atoms with Crippen LogP contribution in [-0.2, 0) is 24.1 Å². The number of hydrogen-bond acceptors (Lipinski definition) is 5. The Balaban J connectivity index is 1.15. The minimum atomic E-state index is -0.0953. The number of anilines is 1. The zero-order valence-corrected chi connectivity index (χ0v) is 21.0. The van der Waals surface area contributed by atoms with Crippen LogP contribution in [0, 0.1) is 5.92 Å². The molecule has 2 saturated heterocycles. The van der Waals surface area contributed by atoms with Gasteiger partial charge in [-0.15, -0.1) is 0 Å². The molecule has 1 aliphatic carbocycles. The van der Waals surface area contributed by atoms with Gasteiger partial charge in [-0.3, -0.25) is 4.79 Å². The number of rotatable bonds is 5. The number of aromatic nitrogens is 4. The third-order valence-corrected chi connectivity index (χ3v) is 8.38. The first-order valence-corrected chi connectivity index (χ1v) is 13.2. The second-order valence-electron chi connectivity index (χ2n) is 9.83. The quantitative estimate of drug-likeness (QED) is 0.537. The Morgan fingerprint density at radius 3 is 2.46 bits per heavy atom. The van der Waals surface area contributed by atoms with Gasteiger partial charge in [-0.25, -0.2) is 15.0 Å². The monoisotopic (exact) mass is 510 g/mol. The summed E-state index contributed by atoms with van der Waals surface area (Å²) >= 11 is 13.4. The maximum atomic E-state index is 13.3. The summed E-state index contributed by atoms with van der Waals surface area (Å²) in [4.78, 5) is 34.3. The molecular weight excluding hydrogens is 483 g/mol. The van der Waals surface area contributed by atoms with E-state index in [0.29, 0.717) is 16.5 Å². The number of nitrogens with one attached hydrogen (secondary N) is 1. The number of fused-ring (bicyclic) bond motifs is 1. The number of nitrogens with zero attached hydrogens (tertiary/aromatic N) is 5. The van der Waals surface area contributed by atoms with Crippen molar-refractivity contribution >= 4 is 35.1 Å². The topological polar surface area (TPSA) is 78.0 Å². The molecule has 182 valence electrons. The van der Waals surface area contributed by atoms with E-state index in [4.69, 9.17) is 23.2 Å². The smallest absolute Gasteiger partial charge is 0.226 e. The minimum absolute atomic E-state index is 0.0953. The maximum absolute atomic E-state index is 13.3. The molecule has 1 N–H and O–H groups in total. The van der Waals surface area contributed by atoms with E-state index in [9.17, 15) is 4.79 Å². The SMILES string of the molecule is O=C1C(Cc2c(Cl)cc(-c3cnc(N4CCCC4)nc3)cc2Cl)CCN1[C@@H]1CCc2nc[nH]c2C1. The van der Waals surface area contributed by atoms with Crippen LogP contribution in [0.2, 0.25) is 10.0 Å². The molecule has 35 heavy (non-hydrogen) atoms. The fourth-order valence-corrected chi connectivity index (χ4v) is 6.37. The molecule has 0 saturated carbocycles. The van der Waals surface area contributed by atoms with Gasteiger partial charge in [0.2, 0.25) is 11.9 Å². The second-order valence-corrected chi connectivity index (χ2v) is 10.6. The van der Waals surface area contributed by atoms with Crippen LogP contribution in [0.5, 0.6) is 0 Å². The Labute approximate surface area is 214 Å². The molecule has 0 spiro atoms. The van der Waals surface area contributed by atoms with Crippen LogP contribution in [0.25, 0.3) is 11.1 Å². The lowest BCUT2D eigenvalue weighted by Gasteiger charge is -2.31. The van der Waals surface area contributed by atoms with Gasteiger partial charge >= 0.3 is 0 Å². The second kappa shape index (κ2) is 9.43. The van der Waals surface area contributed by atoms with E-state index in [0.717, 1.165) is 79.3 Å². The summed E-state index contributed by atoms with van der Waals surface area (Å²) in [5.41, 5.74) is 4.90. The van der Waals surface area contributed by atoms with E-state index < -0.39 is 0 Å². The summed E-state index contributed by atoms with van der Waals surface area (Å²) in [6.07, 6.45) is 11.9. The Hall–Kier alpha value is -2.64. The highest BCUT2D eigenvalue weighted by Crippen LogP contribution is 2.36. The van der Waals surface area contributed by atoms with Gasteiger partial charge in [0.15, 0.2) is 0 Å². The molecule has 2 atom stereocenters. The van der Waals surface area contributed by atoms with Gasteiger partial charge in [0.25, 0.3) is 0 Å². The standard InChI is InChI=1S/C26H28Cl2N6O/c27-21-10-17(18-13-29-26(30-14-18)33-6-1-2-7-33)11-22(28)20(21)9-16-5-8-34(25(16)35)19-3-4-23-24(12-19)32-15-31-23/h10-11,13-16,19H,1-9,12H2,(H,31,32)/t16?,19-/m1/s1. The first kappa shape index (κ1) is 22.8. The fraction of sp³-hybridized carbons (Fsp3) is 0.462. The van der Waals surface area contributed by atoms with Gasteiger partial charge in [0.05, 0.1) is 12.0 Å². The lowest BCUT2D eigenvalue weighted by atomic mass is 9.94. The average molecular weight is 511 g/mol. The summed E-state index contributed by atoms with van der Waals surface area (Å²) in [6, 6.07) is 4.06. The van der Waals surface area contributed by atoms with Crippen molar-refractivity contribution in [2.75, 3.05) is 24.5 Å². The summed E-state index contributed by atoms with van der Waals surface area (Å²) in [6.45, 7) is 2.80. The van der Waals surface area contributed by atoms with Crippen LogP contribution in [-0.4, -0.2) is 56.4 Å². The number of carbonyl (C=O) groups excluding carboxylic acids is 1. The first-order chi connectivity index (χ1) is 17.1. The molecule has 2 aromatic heterocycles. The molecule has 1 amide bonds. The number of halogens is 2. The van der Waals surface area contributed by atoms with Crippen LogP contribution in [0.15, 0.2) is 30.9 Å². The van der Waals surface area contributed by atoms with E-state index in [1.54, 1.807) is 6.33 Å². The van der Waals surface area contributed by atoms with Crippen LogP contribution < -0.4 is 4.90 Å². The van der Waals surface area contributed by atoms with Gasteiger partial charge in [-0.2, -0.15) is 0 Å². The predicted octanol–water partition coefficient (Wildman–Crippen LogP) is 4.72. The summed E-state index contributed by atoms with van der Waals surface area (Å²) < 4.78 is 0. The third kappa shape index (κ3) is 4.40. The highest BCUT2D eigenvalue weighted by atomic mass is 35.5. The molecule has 3 aromatic rings. The van der Waals surface area contributed by atoms with E-state index in [-0.39, 0.29) is 17.9 Å². The van der Waals surface area contributed by atoms with Crippen molar-refractivity contribution in [2.45, 2.75) is 51.0 Å². The molecular formula is C26H28Cl2N6O. The van der Waals surface area contributed by atoms with Crippen LogP contribution >= 0.6 is 23.2 Å². The largest absolute Gasteiger partial charge is 0.348 e. The molecule has 2 aliphatic heterocycles. The number of likely N-dealkylation sites (tertiary alicyclic amines) is 1. The Kier molecular flexibility index (Phi) is 6.14. The van der Waals surface area contributed by atoms with Crippen molar-refractivity contribution in [3.63, 3.8) is 0 Å². The zero-order valence-electron chi connectivity index (χ0n) is 19.5. The number of imidazole rings is 1. The molecule has 3 aliphatic rings. The summed E-state index contributed by atoms with van der Waals surface area (Å²) in [7, 11) is 0. The van der Waals surface area contributed by atoms with Gasteiger partial charge in [0.1, 0.15) is 0 Å². The third-order valence-electron chi connectivity index (χ3n) is 7.71. The van der Waals surface area contributed by atoms with Crippen molar-refractivity contribution in [3.8, 4) is 11.1 Å². The van der Waals surface area contributed by atoms with Gasteiger partial charge in [0, 0.05) is 71.7 Å². The van der Waals surface area contributed by atoms with Gasteiger partial charge in [-0.1, -0.05) is 23.2 Å². The normalized spacial score (nSPS) is 22.2. The minimum Gasteiger partial charge on any atom is -0.348 e. The van der Waals surface area contributed by atoms with Crippen molar-refractivity contribution in [2.24, 2.45) is 5.92 Å². The average Bonchev–Trinajstić information content (AvgIpc) is 3.63. The van der Waals surface area contributed by atoms with Gasteiger partial charge < -0.3 is 14.8 Å². The lowest BCUT2D eigenvalue weighted by Crippen LogP contribution is -2.41. The van der Waals surface area contributed by atoms with Crippen LogP contribution in [0.1, 0.15) is 42.6 Å². The predicted molar refractivity (Wildman–Crippen MR) is 137 cm³/mol. The first-order valence-electron chi connectivity index (χ1n) is 12.4. The van der Waals surface area contributed by atoms with Crippen molar-refractivity contribution in [1.29, 1.82) is 0 Å². The zero-order chi connectivity index (χ0) is 23.9. The Bertz CT molecular complexity index is 1210. The van der Waals surface area contributed by atoms with Crippen LogP contribution in [0.4, 0.5) is 5.95 Å². The number of H-pyrrole nitrogens is 1. The molecule has 1 aromatic carbocycles. The fourth-order valence-electron chi connectivity index (χ4n) is 5.73.